The molecule has 2 aromatic rings. The smallest absolute Gasteiger partial charge is 0.416 e. The second kappa shape index (κ2) is 9.58. The van der Waals surface area contributed by atoms with Crippen LogP contribution in [-0.4, -0.2) is 35.6 Å². The molecular formula is C21H22N4O3. The second-order valence-corrected chi connectivity index (χ2v) is 6.77. The van der Waals surface area contributed by atoms with Crippen LogP contribution in [0.3, 0.4) is 0 Å². The lowest BCUT2D eigenvalue weighted by Crippen LogP contribution is -2.40. The molecule has 7 nitrogen and oxygen atoms in total. The molecule has 0 radical (unpaired) electrons. The number of carbonyl (C=O) groups excluding carboxylic acids is 2. The van der Waals surface area contributed by atoms with Gasteiger partial charge in [-0.15, -0.1) is 0 Å². The summed E-state index contributed by atoms with van der Waals surface area (Å²) in [6.07, 6.45) is 1.00. The molecule has 0 aliphatic carbocycles. The topological polar surface area (TPSA) is 95.4 Å². The normalized spacial score (nSPS) is 16.9. The van der Waals surface area contributed by atoms with Gasteiger partial charge in [-0.05, 0) is 35.9 Å². The van der Waals surface area contributed by atoms with Crippen molar-refractivity contribution in [3.05, 3.63) is 82.2 Å². The number of carbonyl (C=O) groups is 2. The maximum Gasteiger partial charge on any atom is 0.416 e. The van der Waals surface area contributed by atoms with Gasteiger partial charge in [0.1, 0.15) is 6.61 Å². The highest BCUT2D eigenvalue weighted by molar-refractivity contribution is 5.93. The van der Waals surface area contributed by atoms with Crippen LogP contribution in [0.1, 0.15) is 24.0 Å². The van der Waals surface area contributed by atoms with E-state index in [9.17, 15) is 9.59 Å². The van der Waals surface area contributed by atoms with E-state index in [0.717, 1.165) is 11.1 Å². The number of hydrogen-bond donors (Lipinski definition) is 0. The first-order valence-corrected chi connectivity index (χ1v) is 9.28. The van der Waals surface area contributed by atoms with Crippen LogP contribution in [0.5, 0.6) is 0 Å². The molecule has 0 aromatic heterocycles. The van der Waals surface area contributed by atoms with E-state index in [0.29, 0.717) is 19.3 Å². The van der Waals surface area contributed by atoms with E-state index in [1.165, 1.54) is 4.90 Å². The molecule has 0 N–H and O–H groups in total. The maximum absolute atomic E-state index is 12.7. The van der Waals surface area contributed by atoms with E-state index in [1.54, 1.807) is 0 Å². The summed E-state index contributed by atoms with van der Waals surface area (Å²) in [5, 5.41) is 3.82. The first kappa shape index (κ1) is 19.5. The van der Waals surface area contributed by atoms with Gasteiger partial charge in [-0.1, -0.05) is 65.8 Å². The molecule has 7 heteroatoms. The number of benzene rings is 2. The van der Waals surface area contributed by atoms with Gasteiger partial charge in [0.15, 0.2) is 0 Å². The number of azide groups is 1. The van der Waals surface area contributed by atoms with Crippen LogP contribution < -0.4 is 0 Å². The third-order valence-electron chi connectivity index (χ3n) is 4.76. The fraction of sp³-hybridized carbons (Fsp3) is 0.333. The third kappa shape index (κ3) is 5.11. The lowest BCUT2D eigenvalue weighted by atomic mass is 10.0. The highest BCUT2D eigenvalue weighted by atomic mass is 16.6. The maximum atomic E-state index is 12.7. The fourth-order valence-electron chi connectivity index (χ4n) is 3.37. The average molecular weight is 378 g/mol. The molecule has 1 fully saturated rings. The van der Waals surface area contributed by atoms with E-state index in [4.69, 9.17) is 10.3 Å². The van der Waals surface area contributed by atoms with Gasteiger partial charge in [0.2, 0.25) is 5.91 Å². The zero-order valence-electron chi connectivity index (χ0n) is 15.5. The number of hydrogen-bond acceptors (Lipinski definition) is 4. The molecule has 2 amide bonds. The quantitative estimate of drug-likeness (QED) is 0.390. The summed E-state index contributed by atoms with van der Waals surface area (Å²) in [4.78, 5) is 28.9. The van der Waals surface area contributed by atoms with Crippen molar-refractivity contribution < 1.29 is 14.3 Å². The SMILES string of the molecule is [N-]=[N+]=N[C@H](CCC(=O)N1C(=O)OC[C@@H]1Cc1ccccc1)Cc1ccccc1. The molecule has 0 bridgehead atoms. The monoisotopic (exact) mass is 378 g/mol. The molecule has 1 aliphatic heterocycles. The summed E-state index contributed by atoms with van der Waals surface area (Å²) in [6, 6.07) is 18.7. The van der Waals surface area contributed by atoms with E-state index in [-0.39, 0.29) is 31.0 Å². The van der Waals surface area contributed by atoms with Gasteiger partial charge in [0.25, 0.3) is 0 Å². The Hall–Kier alpha value is -3.31. The van der Waals surface area contributed by atoms with Crippen molar-refractivity contribution in [2.45, 2.75) is 37.8 Å². The standard InChI is InChI=1S/C21H22N4O3/c22-24-23-18(13-16-7-3-1-4-8-16)11-12-20(26)25-19(15-28-21(25)27)14-17-9-5-2-6-10-17/h1-10,18-19H,11-15H2/t18-,19+/m1/s1. The van der Waals surface area contributed by atoms with E-state index >= 15 is 0 Å². The number of imide groups is 1. The minimum atomic E-state index is -0.602. The molecule has 0 spiro atoms. The summed E-state index contributed by atoms with van der Waals surface area (Å²) >= 11 is 0. The molecule has 0 unspecified atom stereocenters. The Morgan fingerprint density at radius 3 is 2.43 bits per heavy atom. The molecule has 144 valence electrons. The highest BCUT2D eigenvalue weighted by Gasteiger charge is 2.37. The van der Waals surface area contributed by atoms with Crippen LogP contribution in [0.25, 0.3) is 10.4 Å². The summed E-state index contributed by atoms with van der Waals surface area (Å²) in [6.45, 7) is 0.198. The first-order chi connectivity index (χ1) is 13.7. The number of rotatable bonds is 8. The zero-order chi connectivity index (χ0) is 19.8. The highest BCUT2D eigenvalue weighted by Crippen LogP contribution is 2.20. The molecule has 2 atom stereocenters. The van der Waals surface area contributed by atoms with Crippen LogP contribution >= 0.6 is 0 Å². The summed E-state index contributed by atoms with van der Waals surface area (Å²) in [7, 11) is 0. The van der Waals surface area contributed by atoms with Crippen molar-refractivity contribution in [1.82, 2.24) is 4.90 Å². The van der Waals surface area contributed by atoms with E-state index in [2.05, 4.69) is 10.0 Å². The second-order valence-electron chi connectivity index (χ2n) is 6.77. The average Bonchev–Trinajstić information content (AvgIpc) is 3.08. The van der Waals surface area contributed by atoms with Gasteiger partial charge in [0, 0.05) is 17.4 Å². The van der Waals surface area contributed by atoms with Crippen molar-refractivity contribution >= 4 is 12.0 Å². The van der Waals surface area contributed by atoms with Crippen molar-refractivity contribution in [3.8, 4) is 0 Å². The summed E-state index contributed by atoms with van der Waals surface area (Å²) in [5.41, 5.74) is 10.9. The van der Waals surface area contributed by atoms with Crippen LogP contribution in [-0.2, 0) is 22.4 Å². The Labute approximate surface area is 163 Å². The number of cyclic esters (lactones) is 1. The Balaban J connectivity index is 1.61. The Kier molecular flexibility index (Phi) is 6.65. The predicted molar refractivity (Wildman–Crippen MR) is 104 cm³/mol. The van der Waals surface area contributed by atoms with Crippen LogP contribution in [0, 0.1) is 0 Å². The fourth-order valence-corrected chi connectivity index (χ4v) is 3.37. The van der Waals surface area contributed by atoms with Crippen LogP contribution in [0.15, 0.2) is 65.8 Å². The molecule has 1 saturated heterocycles. The minimum absolute atomic E-state index is 0.122. The van der Waals surface area contributed by atoms with Crippen LogP contribution in [0.4, 0.5) is 4.79 Å². The largest absolute Gasteiger partial charge is 0.447 e. The first-order valence-electron chi connectivity index (χ1n) is 9.28. The van der Waals surface area contributed by atoms with Crippen molar-refractivity contribution in [2.24, 2.45) is 5.11 Å². The lowest BCUT2D eigenvalue weighted by Gasteiger charge is -2.20. The molecule has 28 heavy (non-hydrogen) atoms. The van der Waals surface area contributed by atoms with Crippen molar-refractivity contribution in [2.75, 3.05) is 6.61 Å². The van der Waals surface area contributed by atoms with Gasteiger partial charge >= 0.3 is 6.09 Å². The Bertz CT molecular complexity index is 850. The molecular weight excluding hydrogens is 356 g/mol. The molecule has 0 saturated carbocycles. The summed E-state index contributed by atoms with van der Waals surface area (Å²) in [5.74, 6) is -0.297. The summed E-state index contributed by atoms with van der Waals surface area (Å²) < 4.78 is 5.11. The van der Waals surface area contributed by atoms with Crippen molar-refractivity contribution in [1.29, 1.82) is 0 Å². The molecule has 1 heterocycles. The van der Waals surface area contributed by atoms with Gasteiger partial charge in [-0.3, -0.25) is 4.79 Å². The Morgan fingerprint density at radius 2 is 1.79 bits per heavy atom. The van der Waals surface area contributed by atoms with Gasteiger partial charge in [-0.25, -0.2) is 9.69 Å². The van der Waals surface area contributed by atoms with Crippen LogP contribution in [0.2, 0.25) is 0 Å². The third-order valence-corrected chi connectivity index (χ3v) is 4.76. The minimum Gasteiger partial charge on any atom is -0.447 e. The predicted octanol–water partition coefficient (Wildman–Crippen LogP) is 4.28. The van der Waals surface area contributed by atoms with Crippen molar-refractivity contribution in [3.63, 3.8) is 0 Å². The van der Waals surface area contributed by atoms with Gasteiger partial charge < -0.3 is 4.74 Å². The van der Waals surface area contributed by atoms with Gasteiger partial charge in [-0.2, -0.15) is 0 Å². The number of ether oxygens (including phenoxy) is 1. The number of nitrogens with zero attached hydrogens (tertiary/aromatic N) is 4. The van der Waals surface area contributed by atoms with Gasteiger partial charge in [0.05, 0.1) is 6.04 Å². The lowest BCUT2D eigenvalue weighted by molar-refractivity contribution is -0.129. The molecule has 2 aromatic carbocycles. The number of amides is 2. The zero-order valence-corrected chi connectivity index (χ0v) is 15.5. The molecule has 3 rings (SSSR count). The molecule has 1 aliphatic rings. The Morgan fingerprint density at radius 1 is 1.14 bits per heavy atom. The van der Waals surface area contributed by atoms with E-state index < -0.39 is 6.09 Å². The van der Waals surface area contributed by atoms with E-state index in [1.807, 2.05) is 60.7 Å².